The van der Waals surface area contributed by atoms with Crippen LogP contribution in [0.15, 0.2) is 46.6 Å². The van der Waals surface area contributed by atoms with Crippen molar-refractivity contribution in [1.29, 1.82) is 0 Å². The lowest BCUT2D eigenvalue weighted by molar-refractivity contribution is -0.384. The maximum atomic E-state index is 10.7. The Morgan fingerprint density at radius 3 is 2.67 bits per heavy atom. The van der Waals surface area contributed by atoms with Gasteiger partial charge in [-0.25, -0.2) is 0 Å². The molecule has 1 unspecified atom stereocenters. The Labute approximate surface area is 144 Å². The summed E-state index contributed by atoms with van der Waals surface area (Å²) >= 11 is 5.98. The fourth-order valence-corrected chi connectivity index (χ4v) is 2.00. The first-order valence-corrected chi connectivity index (χ1v) is 7.70. The van der Waals surface area contributed by atoms with Crippen molar-refractivity contribution in [2.75, 3.05) is 5.73 Å². The molecule has 0 fully saturated rings. The Kier molecular flexibility index (Phi) is 5.70. The number of hydrogen-bond acceptors (Lipinski definition) is 6. The zero-order chi connectivity index (χ0) is 17.7. The van der Waals surface area contributed by atoms with Crippen molar-refractivity contribution in [3.8, 4) is 5.75 Å². The van der Waals surface area contributed by atoms with Gasteiger partial charge in [0.2, 0.25) is 0 Å². The number of hydrogen-bond donors (Lipinski definition) is 1. The summed E-state index contributed by atoms with van der Waals surface area (Å²) in [6.45, 7) is 3.96. The Balaban J connectivity index is 2.23. The van der Waals surface area contributed by atoms with Gasteiger partial charge in [0.25, 0.3) is 5.69 Å². The average Bonchev–Trinajstić information content (AvgIpc) is 2.56. The first-order chi connectivity index (χ1) is 11.4. The molecule has 2 N–H and O–H groups in total. The van der Waals surface area contributed by atoms with Gasteiger partial charge >= 0.3 is 0 Å². The van der Waals surface area contributed by atoms with Gasteiger partial charge in [-0.3, -0.25) is 10.1 Å². The number of halogens is 1. The minimum atomic E-state index is -0.523. The summed E-state index contributed by atoms with van der Waals surface area (Å²) in [5, 5.41) is 18.9. The van der Waals surface area contributed by atoms with Crippen molar-refractivity contribution < 1.29 is 9.66 Å². The highest BCUT2D eigenvalue weighted by atomic mass is 35.5. The molecule has 126 valence electrons. The Morgan fingerprint density at radius 2 is 2.04 bits per heavy atom. The molecule has 0 heterocycles. The smallest absolute Gasteiger partial charge is 0.271 e. The van der Waals surface area contributed by atoms with Crippen LogP contribution in [-0.2, 0) is 0 Å². The van der Waals surface area contributed by atoms with Gasteiger partial charge in [0.1, 0.15) is 11.4 Å². The van der Waals surface area contributed by atoms with Crippen LogP contribution in [0, 0.1) is 10.1 Å². The van der Waals surface area contributed by atoms with Crippen LogP contribution >= 0.6 is 11.6 Å². The molecule has 7 nitrogen and oxygen atoms in total. The third-order valence-electron chi connectivity index (χ3n) is 3.32. The van der Waals surface area contributed by atoms with Gasteiger partial charge in [-0.05, 0) is 31.5 Å². The van der Waals surface area contributed by atoms with E-state index >= 15 is 0 Å². The number of non-ortho nitro benzene ring substituents is 1. The summed E-state index contributed by atoms with van der Waals surface area (Å²) in [4.78, 5) is 10.2. The number of azo groups is 1. The molecule has 0 spiro atoms. The molecule has 0 saturated heterocycles. The van der Waals surface area contributed by atoms with Crippen LogP contribution in [-0.4, -0.2) is 11.0 Å². The van der Waals surface area contributed by atoms with E-state index in [2.05, 4.69) is 10.2 Å². The lowest BCUT2D eigenvalue weighted by Gasteiger charge is -2.14. The van der Waals surface area contributed by atoms with Crippen molar-refractivity contribution in [2.24, 2.45) is 10.2 Å². The lowest BCUT2D eigenvalue weighted by atomic mass is 10.2. The molecule has 1 atom stereocenters. The van der Waals surface area contributed by atoms with Crippen molar-refractivity contribution in [2.45, 2.75) is 26.4 Å². The van der Waals surface area contributed by atoms with Gasteiger partial charge in [0.05, 0.1) is 27.4 Å². The summed E-state index contributed by atoms with van der Waals surface area (Å²) in [5.41, 5.74) is 7.18. The van der Waals surface area contributed by atoms with E-state index < -0.39 is 4.92 Å². The maximum Gasteiger partial charge on any atom is 0.271 e. The Morgan fingerprint density at radius 1 is 1.29 bits per heavy atom. The summed E-state index contributed by atoms with van der Waals surface area (Å²) in [6.07, 6.45) is 0.882. The van der Waals surface area contributed by atoms with Crippen molar-refractivity contribution in [3.63, 3.8) is 0 Å². The highest BCUT2D eigenvalue weighted by molar-refractivity contribution is 6.33. The van der Waals surface area contributed by atoms with E-state index in [0.717, 1.165) is 6.42 Å². The van der Waals surface area contributed by atoms with Gasteiger partial charge < -0.3 is 10.5 Å². The predicted molar refractivity (Wildman–Crippen MR) is 93.5 cm³/mol. The summed E-state index contributed by atoms with van der Waals surface area (Å²) in [5.74, 6) is 0.538. The van der Waals surface area contributed by atoms with E-state index in [9.17, 15) is 10.1 Å². The summed E-state index contributed by atoms with van der Waals surface area (Å²) < 4.78 is 5.73. The van der Waals surface area contributed by atoms with E-state index in [1.54, 1.807) is 18.2 Å². The van der Waals surface area contributed by atoms with Crippen LogP contribution in [0.4, 0.5) is 22.7 Å². The first-order valence-electron chi connectivity index (χ1n) is 7.32. The van der Waals surface area contributed by atoms with Gasteiger partial charge in [-0.2, -0.15) is 5.11 Å². The van der Waals surface area contributed by atoms with E-state index in [0.29, 0.717) is 22.8 Å². The first kappa shape index (κ1) is 17.7. The molecule has 2 rings (SSSR count). The quantitative estimate of drug-likeness (QED) is 0.325. The molecule has 0 aliphatic heterocycles. The number of nitro benzene ring substituents is 1. The molecule has 0 saturated carbocycles. The molecule has 0 aliphatic rings. The molecular formula is C16H17ClN4O3. The monoisotopic (exact) mass is 348 g/mol. The lowest BCUT2D eigenvalue weighted by Crippen LogP contribution is -2.10. The van der Waals surface area contributed by atoms with Crippen LogP contribution < -0.4 is 10.5 Å². The maximum absolute atomic E-state index is 10.7. The van der Waals surface area contributed by atoms with E-state index in [4.69, 9.17) is 22.1 Å². The summed E-state index contributed by atoms with van der Waals surface area (Å²) in [7, 11) is 0. The van der Waals surface area contributed by atoms with Crippen LogP contribution in [0.5, 0.6) is 5.75 Å². The molecular weight excluding hydrogens is 332 g/mol. The van der Waals surface area contributed by atoms with Gasteiger partial charge in [0.15, 0.2) is 0 Å². The Bertz CT molecular complexity index is 780. The number of ether oxygens (including phenoxy) is 1. The van der Waals surface area contributed by atoms with Crippen molar-refractivity contribution in [1.82, 2.24) is 0 Å². The molecule has 2 aromatic carbocycles. The number of nitro groups is 1. The third kappa shape index (κ3) is 4.42. The van der Waals surface area contributed by atoms with Crippen molar-refractivity contribution >= 4 is 34.4 Å². The molecule has 0 bridgehead atoms. The number of nitrogens with zero attached hydrogens (tertiary/aromatic N) is 3. The fraction of sp³-hybridized carbons (Fsp3) is 0.250. The predicted octanol–water partition coefficient (Wildman–Crippen LogP) is 5.42. The molecule has 0 aliphatic carbocycles. The average molecular weight is 349 g/mol. The van der Waals surface area contributed by atoms with E-state index in [-0.39, 0.29) is 16.8 Å². The minimum absolute atomic E-state index is 0.0311. The van der Waals surface area contributed by atoms with Gasteiger partial charge in [0, 0.05) is 18.2 Å². The standard InChI is InChI=1S/C16H17ClN4O3/c1-3-10(2)24-16-8-11(4-6-14(16)18)19-20-15-7-5-12(21(22)23)9-13(15)17/h4-10H,3,18H2,1-2H3. The normalized spacial score (nSPS) is 12.3. The Hall–Kier alpha value is -2.67. The van der Waals surface area contributed by atoms with Gasteiger partial charge in [-0.15, -0.1) is 5.11 Å². The third-order valence-corrected chi connectivity index (χ3v) is 3.62. The van der Waals surface area contributed by atoms with Crippen LogP contribution in [0.2, 0.25) is 5.02 Å². The number of nitrogen functional groups attached to an aromatic ring is 1. The number of nitrogens with two attached hydrogens (primary N) is 1. The van der Waals surface area contributed by atoms with E-state index in [1.807, 2.05) is 13.8 Å². The zero-order valence-electron chi connectivity index (χ0n) is 13.3. The highest BCUT2D eigenvalue weighted by Crippen LogP contribution is 2.32. The highest BCUT2D eigenvalue weighted by Gasteiger charge is 2.09. The molecule has 24 heavy (non-hydrogen) atoms. The largest absolute Gasteiger partial charge is 0.488 e. The second kappa shape index (κ2) is 7.74. The SMILES string of the molecule is CCC(C)Oc1cc(N=Nc2ccc([N+](=O)[O-])cc2Cl)ccc1N. The second-order valence-electron chi connectivity index (χ2n) is 5.15. The molecule has 0 aromatic heterocycles. The zero-order valence-corrected chi connectivity index (χ0v) is 14.0. The molecule has 8 heteroatoms. The minimum Gasteiger partial charge on any atom is -0.488 e. The number of benzene rings is 2. The second-order valence-corrected chi connectivity index (χ2v) is 5.56. The number of rotatable bonds is 6. The molecule has 0 amide bonds. The van der Waals surface area contributed by atoms with Crippen molar-refractivity contribution in [3.05, 3.63) is 51.5 Å². The summed E-state index contributed by atoms with van der Waals surface area (Å²) in [6, 6.07) is 9.06. The van der Waals surface area contributed by atoms with Gasteiger partial charge in [-0.1, -0.05) is 18.5 Å². The van der Waals surface area contributed by atoms with Crippen LogP contribution in [0.1, 0.15) is 20.3 Å². The van der Waals surface area contributed by atoms with Crippen LogP contribution in [0.25, 0.3) is 0 Å². The molecule has 0 radical (unpaired) electrons. The number of anilines is 1. The van der Waals surface area contributed by atoms with Crippen LogP contribution in [0.3, 0.4) is 0 Å². The topological polar surface area (TPSA) is 103 Å². The fourth-order valence-electron chi connectivity index (χ4n) is 1.79. The molecule has 2 aromatic rings. The van der Waals surface area contributed by atoms with E-state index in [1.165, 1.54) is 18.2 Å².